The first-order chi connectivity index (χ1) is 13.0. The fraction of sp³-hybridized carbons (Fsp3) is 0.619. The molecule has 2 saturated heterocycles. The standard InChI is InChI=1S/C21H31N3O3/c1-15-11-17(21(26)23-13-18-7-6-8-22-18)12-16(2)20(15)27-14-19(25)24-9-4-3-5-10-24/h11-12,18,22H,3-10,13-14H2,1-2H3,(H,23,26). The predicted octanol–water partition coefficient (Wildman–Crippen LogP) is 2.18. The first-order valence-electron chi connectivity index (χ1n) is 10.1. The Morgan fingerprint density at radius 2 is 1.85 bits per heavy atom. The minimum Gasteiger partial charge on any atom is -0.483 e. The molecule has 3 rings (SSSR count). The van der Waals surface area contributed by atoms with Crippen LogP contribution >= 0.6 is 0 Å². The molecule has 0 radical (unpaired) electrons. The van der Waals surface area contributed by atoms with Gasteiger partial charge in [-0.1, -0.05) is 0 Å². The molecular formula is C21H31N3O3. The summed E-state index contributed by atoms with van der Waals surface area (Å²) in [5.74, 6) is 0.680. The van der Waals surface area contributed by atoms with Crippen molar-refractivity contribution in [2.75, 3.05) is 32.8 Å². The van der Waals surface area contributed by atoms with Gasteiger partial charge in [0.1, 0.15) is 5.75 Å². The van der Waals surface area contributed by atoms with Gasteiger partial charge < -0.3 is 20.3 Å². The topological polar surface area (TPSA) is 70.7 Å². The zero-order valence-corrected chi connectivity index (χ0v) is 16.5. The summed E-state index contributed by atoms with van der Waals surface area (Å²) >= 11 is 0. The monoisotopic (exact) mass is 373 g/mol. The minimum atomic E-state index is -0.0640. The summed E-state index contributed by atoms with van der Waals surface area (Å²) in [4.78, 5) is 26.6. The van der Waals surface area contributed by atoms with Gasteiger partial charge in [-0.2, -0.15) is 0 Å². The SMILES string of the molecule is Cc1cc(C(=O)NCC2CCCN2)cc(C)c1OCC(=O)N1CCCCC1. The van der Waals surface area contributed by atoms with Gasteiger partial charge in [0.2, 0.25) is 0 Å². The largest absolute Gasteiger partial charge is 0.483 e. The fourth-order valence-electron chi connectivity index (χ4n) is 3.93. The van der Waals surface area contributed by atoms with Crippen LogP contribution in [0.1, 0.15) is 53.6 Å². The van der Waals surface area contributed by atoms with Crippen molar-refractivity contribution in [2.45, 2.75) is 52.0 Å². The number of ether oxygens (including phenoxy) is 1. The van der Waals surface area contributed by atoms with Crippen LogP contribution in [0.25, 0.3) is 0 Å². The molecule has 27 heavy (non-hydrogen) atoms. The quantitative estimate of drug-likeness (QED) is 0.802. The lowest BCUT2D eigenvalue weighted by atomic mass is 10.0. The van der Waals surface area contributed by atoms with Crippen molar-refractivity contribution in [1.82, 2.24) is 15.5 Å². The van der Waals surface area contributed by atoms with Gasteiger partial charge in [0.15, 0.2) is 6.61 Å². The summed E-state index contributed by atoms with van der Waals surface area (Å²) in [6.45, 7) is 7.23. The van der Waals surface area contributed by atoms with Crippen LogP contribution in [0.4, 0.5) is 0 Å². The van der Waals surface area contributed by atoms with Crippen LogP contribution in [0.3, 0.4) is 0 Å². The Morgan fingerprint density at radius 3 is 2.48 bits per heavy atom. The summed E-state index contributed by atoms with van der Waals surface area (Å²) in [7, 11) is 0. The van der Waals surface area contributed by atoms with Crippen molar-refractivity contribution in [2.24, 2.45) is 0 Å². The molecule has 2 N–H and O–H groups in total. The number of nitrogens with one attached hydrogen (secondary N) is 2. The van der Waals surface area contributed by atoms with Crippen LogP contribution in [0.15, 0.2) is 12.1 Å². The maximum atomic E-state index is 12.4. The van der Waals surface area contributed by atoms with Crippen molar-refractivity contribution in [3.8, 4) is 5.75 Å². The Kier molecular flexibility index (Phi) is 6.72. The number of carbonyl (C=O) groups excluding carboxylic acids is 2. The number of amides is 2. The van der Waals surface area contributed by atoms with Crippen molar-refractivity contribution in [1.29, 1.82) is 0 Å². The van der Waals surface area contributed by atoms with Crippen molar-refractivity contribution >= 4 is 11.8 Å². The van der Waals surface area contributed by atoms with E-state index in [2.05, 4.69) is 10.6 Å². The van der Waals surface area contributed by atoms with E-state index in [0.717, 1.165) is 50.0 Å². The van der Waals surface area contributed by atoms with Crippen molar-refractivity contribution in [3.63, 3.8) is 0 Å². The molecule has 0 aliphatic carbocycles. The van der Waals surface area contributed by atoms with E-state index in [1.807, 2.05) is 30.9 Å². The normalized spacial score (nSPS) is 19.8. The van der Waals surface area contributed by atoms with E-state index in [9.17, 15) is 9.59 Å². The van der Waals surface area contributed by atoms with Crippen LogP contribution in [0.5, 0.6) is 5.75 Å². The van der Waals surface area contributed by atoms with Crippen molar-refractivity contribution < 1.29 is 14.3 Å². The average molecular weight is 373 g/mol. The maximum absolute atomic E-state index is 12.4. The van der Waals surface area contributed by atoms with E-state index in [4.69, 9.17) is 4.74 Å². The highest BCUT2D eigenvalue weighted by Gasteiger charge is 2.19. The molecule has 1 atom stereocenters. The lowest BCUT2D eigenvalue weighted by Gasteiger charge is -2.26. The lowest BCUT2D eigenvalue weighted by molar-refractivity contribution is -0.134. The Balaban J connectivity index is 1.56. The highest BCUT2D eigenvalue weighted by molar-refractivity contribution is 5.95. The lowest BCUT2D eigenvalue weighted by Crippen LogP contribution is -2.38. The molecule has 0 bridgehead atoms. The van der Waals surface area contributed by atoms with E-state index in [1.165, 1.54) is 12.8 Å². The summed E-state index contributed by atoms with van der Waals surface area (Å²) < 4.78 is 5.83. The third-order valence-electron chi connectivity index (χ3n) is 5.44. The molecule has 148 valence electrons. The molecule has 1 aromatic rings. The first-order valence-corrected chi connectivity index (χ1v) is 10.1. The van der Waals surface area contributed by atoms with Gasteiger partial charge in [-0.3, -0.25) is 9.59 Å². The van der Waals surface area contributed by atoms with Gasteiger partial charge in [-0.05, 0) is 75.8 Å². The minimum absolute atomic E-state index is 0.0411. The molecule has 2 fully saturated rings. The molecule has 2 amide bonds. The van der Waals surface area contributed by atoms with Gasteiger partial charge in [-0.15, -0.1) is 0 Å². The number of nitrogens with zero attached hydrogens (tertiary/aromatic N) is 1. The molecule has 0 saturated carbocycles. The van der Waals surface area contributed by atoms with Crippen LogP contribution in [0, 0.1) is 13.8 Å². The fourth-order valence-corrected chi connectivity index (χ4v) is 3.93. The van der Waals surface area contributed by atoms with Gasteiger partial charge in [-0.25, -0.2) is 0 Å². The molecule has 6 heteroatoms. The van der Waals surface area contributed by atoms with E-state index >= 15 is 0 Å². The number of aryl methyl sites for hydroxylation is 2. The third-order valence-corrected chi connectivity index (χ3v) is 5.44. The highest BCUT2D eigenvalue weighted by atomic mass is 16.5. The van der Waals surface area contributed by atoms with Crippen LogP contribution in [-0.4, -0.2) is 55.5 Å². The molecule has 2 aliphatic heterocycles. The summed E-state index contributed by atoms with van der Waals surface area (Å²) in [5.41, 5.74) is 2.40. The molecule has 0 aromatic heterocycles. The van der Waals surface area contributed by atoms with Gasteiger partial charge in [0, 0.05) is 31.2 Å². The number of piperidine rings is 1. The molecule has 0 spiro atoms. The van der Waals surface area contributed by atoms with E-state index in [1.54, 1.807) is 0 Å². The van der Waals surface area contributed by atoms with Gasteiger partial charge >= 0.3 is 0 Å². The van der Waals surface area contributed by atoms with E-state index in [-0.39, 0.29) is 18.4 Å². The van der Waals surface area contributed by atoms with E-state index in [0.29, 0.717) is 23.9 Å². The molecule has 2 heterocycles. The Hall–Kier alpha value is -2.08. The maximum Gasteiger partial charge on any atom is 0.260 e. The summed E-state index contributed by atoms with van der Waals surface area (Å²) in [6, 6.07) is 4.05. The Bertz CT molecular complexity index is 654. The number of hydrogen-bond donors (Lipinski definition) is 2. The summed E-state index contributed by atoms with van der Waals surface area (Å²) in [6.07, 6.45) is 5.62. The number of likely N-dealkylation sites (tertiary alicyclic amines) is 1. The second kappa shape index (κ2) is 9.22. The van der Waals surface area contributed by atoms with Gasteiger partial charge in [0.05, 0.1) is 0 Å². The zero-order valence-electron chi connectivity index (χ0n) is 16.5. The summed E-state index contributed by atoms with van der Waals surface area (Å²) in [5, 5.41) is 6.38. The average Bonchev–Trinajstić information content (AvgIpc) is 3.19. The van der Waals surface area contributed by atoms with Crippen LogP contribution in [0.2, 0.25) is 0 Å². The molecule has 1 unspecified atom stereocenters. The second-order valence-electron chi connectivity index (χ2n) is 7.67. The van der Waals surface area contributed by atoms with Crippen LogP contribution < -0.4 is 15.4 Å². The van der Waals surface area contributed by atoms with E-state index < -0.39 is 0 Å². The van der Waals surface area contributed by atoms with Crippen molar-refractivity contribution in [3.05, 3.63) is 28.8 Å². The second-order valence-corrected chi connectivity index (χ2v) is 7.67. The third kappa shape index (κ3) is 5.22. The van der Waals surface area contributed by atoms with Gasteiger partial charge in [0.25, 0.3) is 11.8 Å². The Labute approximate surface area is 161 Å². The first kappa shape index (κ1) is 19.7. The molecular weight excluding hydrogens is 342 g/mol. The Morgan fingerprint density at radius 1 is 1.15 bits per heavy atom. The number of hydrogen-bond acceptors (Lipinski definition) is 4. The molecule has 6 nitrogen and oxygen atoms in total. The molecule has 1 aromatic carbocycles. The smallest absolute Gasteiger partial charge is 0.260 e. The number of carbonyl (C=O) groups is 2. The van der Waals surface area contributed by atoms with Crippen LogP contribution in [-0.2, 0) is 4.79 Å². The predicted molar refractivity (Wildman–Crippen MR) is 105 cm³/mol. The zero-order chi connectivity index (χ0) is 19.2. The molecule has 2 aliphatic rings. The number of benzene rings is 1. The highest BCUT2D eigenvalue weighted by Crippen LogP contribution is 2.25. The number of rotatable bonds is 6.